The van der Waals surface area contributed by atoms with E-state index in [0.717, 1.165) is 19.2 Å². The summed E-state index contributed by atoms with van der Waals surface area (Å²) in [7, 11) is -6.58. The number of benzene rings is 1. The van der Waals surface area contributed by atoms with E-state index in [1.807, 2.05) is 0 Å². The molecule has 1 aromatic carbocycles. The van der Waals surface area contributed by atoms with Gasteiger partial charge >= 0.3 is 0 Å². The van der Waals surface area contributed by atoms with Gasteiger partial charge in [0.25, 0.3) is 20.1 Å². The third kappa shape index (κ3) is 5.22. The SMILES string of the molecule is CONC(=NS(=O)(=O)c1ccccc1S(=O)(=O)OC)Nc1nc(C)cc(C)n1. The van der Waals surface area contributed by atoms with Gasteiger partial charge in [-0.3, -0.25) is 14.3 Å². The van der Waals surface area contributed by atoms with Crippen LogP contribution in [0.4, 0.5) is 5.95 Å². The smallest absolute Gasteiger partial charge is 0.292 e. The van der Waals surface area contributed by atoms with Crippen molar-refractivity contribution in [2.75, 3.05) is 19.5 Å². The maximum absolute atomic E-state index is 12.7. The Balaban J connectivity index is 2.52. The lowest BCUT2D eigenvalue weighted by molar-refractivity contribution is 0.144. The lowest BCUT2D eigenvalue weighted by atomic mass is 10.4. The highest BCUT2D eigenvalue weighted by molar-refractivity contribution is 7.92. The van der Waals surface area contributed by atoms with Crippen LogP contribution in [0.15, 0.2) is 44.5 Å². The zero-order chi connectivity index (χ0) is 20.9. The first-order valence-corrected chi connectivity index (χ1v) is 10.6. The van der Waals surface area contributed by atoms with Gasteiger partial charge in [-0.1, -0.05) is 12.1 Å². The molecule has 0 saturated carbocycles. The average molecular weight is 429 g/mol. The van der Waals surface area contributed by atoms with Gasteiger partial charge in [-0.25, -0.2) is 15.4 Å². The number of anilines is 1. The van der Waals surface area contributed by atoms with Crippen LogP contribution in [0.1, 0.15) is 11.4 Å². The maximum Gasteiger partial charge on any atom is 0.298 e. The minimum absolute atomic E-state index is 0.0776. The number of aryl methyl sites for hydroxylation is 2. The first-order chi connectivity index (χ1) is 13.1. The van der Waals surface area contributed by atoms with Crippen molar-refractivity contribution in [2.45, 2.75) is 23.6 Å². The summed E-state index contributed by atoms with van der Waals surface area (Å²) in [5, 5.41) is 2.59. The highest BCUT2D eigenvalue weighted by Crippen LogP contribution is 2.24. The van der Waals surface area contributed by atoms with Gasteiger partial charge in [-0.2, -0.15) is 16.8 Å². The van der Waals surface area contributed by atoms with E-state index in [1.54, 1.807) is 19.9 Å². The van der Waals surface area contributed by atoms with Crippen molar-refractivity contribution in [3.05, 3.63) is 41.7 Å². The molecule has 11 nitrogen and oxygen atoms in total. The molecule has 13 heteroatoms. The molecule has 0 amide bonds. The van der Waals surface area contributed by atoms with Gasteiger partial charge in [0, 0.05) is 11.4 Å². The van der Waals surface area contributed by atoms with Crippen LogP contribution in [0.5, 0.6) is 0 Å². The molecule has 0 fully saturated rings. The second-order valence-corrected chi connectivity index (χ2v) is 8.64. The lowest BCUT2D eigenvalue weighted by Gasteiger charge is -2.11. The maximum atomic E-state index is 12.7. The summed E-state index contributed by atoms with van der Waals surface area (Å²) in [6.45, 7) is 3.48. The minimum Gasteiger partial charge on any atom is -0.292 e. The van der Waals surface area contributed by atoms with Crippen molar-refractivity contribution in [1.82, 2.24) is 15.4 Å². The molecule has 152 valence electrons. The second-order valence-electron chi connectivity index (χ2n) is 5.39. The number of nitrogens with one attached hydrogen (secondary N) is 2. The zero-order valence-corrected chi connectivity index (χ0v) is 17.1. The molecule has 0 bridgehead atoms. The Labute approximate surface area is 163 Å². The van der Waals surface area contributed by atoms with Crippen molar-refractivity contribution >= 4 is 32.0 Å². The Kier molecular flexibility index (Phi) is 6.66. The lowest BCUT2D eigenvalue weighted by Crippen LogP contribution is -2.32. The fourth-order valence-electron chi connectivity index (χ4n) is 2.18. The molecule has 1 aromatic heterocycles. The van der Waals surface area contributed by atoms with E-state index in [4.69, 9.17) is 4.84 Å². The third-order valence-electron chi connectivity index (χ3n) is 3.24. The fraction of sp³-hybridized carbons (Fsp3) is 0.267. The van der Waals surface area contributed by atoms with Crippen LogP contribution in [-0.4, -0.2) is 47.0 Å². The van der Waals surface area contributed by atoms with E-state index >= 15 is 0 Å². The van der Waals surface area contributed by atoms with Gasteiger partial charge in [-0.15, -0.1) is 4.40 Å². The van der Waals surface area contributed by atoms with Crippen molar-refractivity contribution in [2.24, 2.45) is 4.40 Å². The highest BCUT2D eigenvalue weighted by Gasteiger charge is 2.26. The van der Waals surface area contributed by atoms with Crippen molar-refractivity contribution in [3.63, 3.8) is 0 Å². The van der Waals surface area contributed by atoms with Crippen molar-refractivity contribution < 1.29 is 25.9 Å². The first-order valence-electron chi connectivity index (χ1n) is 7.72. The van der Waals surface area contributed by atoms with E-state index in [0.29, 0.717) is 11.4 Å². The van der Waals surface area contributed by atoms with Gasteiger partial charge in [0.2, 0.25) is 11.9 Å². The summed E-state index contributed by atoms with van der Waals surface area (Å²) >= 11 is 0. The molecule has 28 heavy (non-hydrogen) atoms. The summed E-state index contributed by atoms with van der Waals surface area (Å²) in [6, 6.07) is 6.66. The molecule has 0 unspecified atom stereocenters. The summed E-state index contributed by atoms with van der Waals surface area (Å²) in [5.41, 5.74) is 3.56. The van der Waals surface area contributed by atoms with Crippen LogP contribution in [0.25, 0.3) is 0 Å². The molecule has 0 aliphatic rings. The Morgan fingerprint density at radius 2 is 1.57 bits per heavy atom. The van der Waals surface area contributed by atoms with Crippen molar-refractivity contribution in [3.8, 4) is 0 Å². The Bertz CT molecular complexity index is 1080. The Hall–Kier alpha value is -2.61. The monoisotopic (exact) mass is 429 g/mol. The molecule has 0 aliphatic heterocycles. The second kappa shape index (κ2) is 8.60. The van der Waals surface area contributed by atoms with Crippen LogP contribution in [0.3, 0.4) is 0 Å². The molecular formula is C15H19N5O6S2. The van der Waals surface area contributed by atoms with Gasteiger partial charge in [-0.05, 0) is 32.0 Å². The van der Waals surface area contributed by atoms with E-state index < -0.39 is 29.9 Å². The Morgan fingerprint density at radius 1 is 1.00 bits per heavy atom. The number of hydrogen-bond acceptors (Lipinski definition) is 8. The molecular weight excluding hydrogens is 410 g/mol. The zero-order valence-electron chi connectivity index (χ0n) is 15.5. The summed E-state index contributed by atoms with van der Waals surface area (Å²) in [5.74, 6) is -0.286. The molecule has 1 heterocycles. The van der Waals surface area contributed by atoms with Gasteiger partial charge < -0.3 is 0 Å². The number of rotatable bonds is 6. The normalized spacial score (nSPS) is 12.6. The minimum atomic E-state index is -4.48. The number of sulfonamides is 1. The predicted molar refractivity (Wildman–Crippen MR) is 101 cm³/mol. The molecule has 0 saturated heterocycles. The first kappa shape index (κ1) is 21.7. The van der Waals surface area contributed by atoms with E-state index in [9.17, 15) is 16.8 Å². The molecule has 0 spiro atoms. The van der Waals surface area contributed by atoms with Gasteiger partial charge in [0.1, 0.15) is 9.79 Å². The predicted octanol–water partition coefficient (Wildman–Crippen LogP) is 0.736. The van der Waals surface area contributed by atoms with E-state index in [1.165, 1.54) is 19.2 Å². The van der Waals surface area contributed by atoms with Crippen molar-refractivity contribution in [1.29, 1.82) is 0 Å². The molecule has 2 N–H and O–H groups in total. The molecule has 2 rings (SSSR count). The molecule has 0 atom stereocenters. The summed E-state index contributed by atoms with van der Waals surface area (Å²) < 4.78 is 57.5. The summed E-state index contributed by atoms with van der Waals surface area (Å²) in [4.78, 5) is 11.9. The van der Waals surface area contributed by atoms with Crippen LogP contribution in [0, 0.1) is 13.8 Å². The van der Waals surface area contributed by atoms with E-state index in [-0.39, 0.29) is 11.9 Å². The standard InChI is InChI=1S/C15H19N5O6S2/c1-10-9-11(2)17-14(16-10)18-15(19-25-3)20-27(21,22)12-7-5-6-8-13(12)28(23,24)26-4/h5-9H,1-4H3,(H2,16,17,18,19,20). The average Bonchev–Trinajstić information content (AvgIpc) is 2.60. The number of aromatic nitrogens is 2. The molecule has 0 aliphatic carbocycles. The van der Waals surface area contributed by atoms with Crippen LogP contribution < -0.4 is 10.8 Å². The van der Waals surface area contributed by atoms with Crippen LogP contribution in [-0.2, 0) is 29.2 Å². The molecule has 0 radical (unpaired) electrons. The van der Waals surface area contributed by atoms with Gasteiger partial charge in [0.05, 0.1) is 14.2 Å². The number of guanidine groups is 1. The number of hydroxylamine groups is 1. The van der Waals surface area contributed by atoms with Crippen LogP contribution in [0.2, 0.25) is 0 Å². The van der Waals surface area contributed by atoms with E-state index in [2.05, 4.69) is 29.3 Å². The molecule has 2 aromatic rings. The largest absolute Gasteiger partial charge is 0.298 e. The number of hydrogen-bond donors (Lipinski definition) is 2. The quantitative estimate of drug-likeness (QED) is 0.291. The van der Waals surface area contributed by atoms with Crippen LogP contribution >= 0.6 is 0 Å². The number of nitrogens with zero attached hydrogens (tertiary/aromatic N) is 3. The Morgan fingerprint density at radius 3 is 2.11 bits per heavy atom. The highest BCUT2D eigenvalue weighted by atomic mass is 32.2. The van der Waals surface area contributed by atoms with Gasteiger partial charge in [0.15, 0.2) is 0 Å². The topological polar surface area (TPSA) is 149 Å². The summed E-state index contributed by atoms with van der Waals surface area (Å²) in [6.07, 6.45) is 0. The third-order valence-corrected chi connectivity index (χ3v) is 6.04. The fourth-order valence-corrected chi connectivity index (χ4v) is 4.54.